The fourth-order valence-electron chi connectivity index (χ4n) is 3.45. The molecule has 1 aromatic rings. The van der Waals surface area contributed by atoms with Crippen LogP contribution in [-0.2, 0) is 4.74 Å². The number of furan rings is 1. The normalized spacial score (nSPS) is 23.9. The molecule has 3 heterocycles. The summed E-state index contributed by atoms with van der Waals surface area (Å²) >= 11 is 0. The van der Waals surface area contributed by atoms with Gasteiger partial charge in [-0.05, 0) is 44.2 Å². The smallest absolute Gasteiger partial charge is 0.121 e. The first kappa shape index (κ1) is 14.1. The number of piperazine rings is 1. The van der Waals surface area contributed by atoms with Crippen LogP contribution in [-0.4, -0.2) is 44.3 Å². The predicted molar refractivity (Wildman–Crippen MR) is 78.9 cm³/mol. The van der Waals surface area contributed by atoms with E-state index in [0.29, 0.717) is 12.0 Å². The van der Waals surface area contributed by atoms with Gasteiger partial charge in [-0.15, -0.1) is 0 Å². The monoisotopic (exact) mass is 278 g/mol. The van der Waals surface area contributed by atoms with E-state index in [2.05, 4.69) is 30.1 Å². The highest BCUT2D eigenvalue weighted by Gasteiger charge is 2.33. The second-order valence-electron chi connectivity index (χ2n) is 6.07. The highest BCUT2D eigenvalue weighted by atomic mass is 16.5. The van der Waals surface area contributed by atoms with Gasteiger partial charge in [-0.2, -0.15) is 0 Å². The van der Waals surface area contributed by atoms with Crippen LogP contribution in [0.15, 0.2) is 10.5 Å². The van der Waals surface area contributed by atoms with Gasteiger partial charge in [0.05, 0.1) is 6.04 Å². The van der Waals surface area contributed by atoms with Gasteiger partial charge in [-0.25, -0.2) is 0 Å². The molecule has 0 saturated carbocycles. The Kier molecular flexibility index (Phi) is 4.44. The van der Waals surface area contributed by atoms with E-state index in [1.165, 1.54) is 5.56 Å². The van der Waals surface area contributed by atoms with Crippen LogP contribution in [0.25, 0.3) is 0 Å². The highest BCUT2D eigenvalue weighted by Crippen LogP contribution is 2.36. The van der Waals surface area contributed by atoms with Crippen molar-refractivity contribution in [1.82, 2.24) is 10.2 Å². The molecular formula is C16H26N2O2. The van der Waals surface area contributed by atoms with E-state index in [4.69, 9.17) is 9.15 Å². The van der Waals surface area contributed by atoms with Gasteiger partial charge in [0.2, 0.25) is 0 Å². The lowest BCUT2D eigenvalue weighted by Crippen LogP contribution is -2.47. The minimum Gasteiger partial charge on any atom is -0.464 e. The largest absolute Gasteiger partial charge is 0.464 e. The molecule has 4 nitrogen and oxygen atoms in total. The van der Waals surface area contributed by atoms with Crippen LogP contribution < -0.4 is 5.32 Å². The molecule has 0 spiro atoms. The van der Waals surface area contributed by atoms with Gasteiger partial charge >= 0.3 is 0 Å². The van der Waals surface area contributed by atoms with Gasteiger partial charge in [0.25, 0.3) is 0 Å². The van der Waals surface area contributed by atoms with Gasteiger partial charge in [-0.1, -0.05) is 0 Å². The zero-order valence-corrected chi connectivity index (χ0v) is 12.7. The Morgan fingerprint density at radius 2 is 1.90 bits per heavy atom. The molecule has 0 aromatic carbocycles. The lowest BCUT2D eigenvalue weighted by atomic mass is 9.88. The summed E-state index contributed by atoms with van der Waals surface area (Å²) in [7, 11) is 0. The molecule has 2 fully saturated rings. The Hall–Kier alpha value is -0.840. The number of hydrogen-bond donors (Lipinski definition) is 1. The fraction of sp³-hybridized carbons (Fsp3) is 0.750. The van der Waals surface area contributed by atoms with Crippen LogP contribution in [0, 0.1) is 19.8 Å². The predicted octanol–water partition coefficient (Wildman–Crippen LogP) is 2.27. The Morgan fingerprint density at radius 3 is 2.50 bits per heavy atom. The maximum absolute atomic E-state index is 6.08. The maximum Gasteiger partial charge on any atom is 0.121 e. The summed E-state index contributed by atoms with van der Waals surface area (Å²) < 4.78 is 11.6. The van der Waals surface area contributed by atoms with Crippen molar-refractivity contribution in [3.63, 3.8) is 0 Å². The molecule has 112 valence electrons. The molecule has 2 aliphatic heterocycles. The number of nitrogens with one attached hydrogen (secondary N) is 1. The number of aryl methyl sites for hydroxylation is 2. The molecule has 0 radical (unpaired) electrons. The van der Waals surface area contributed by atoms with E-state index >= 15 is 0 Å². The summed E-state index contributed by atoms with van der Waals surface area (Å²) in [6, 6.07) is 2.67. The van der Waals surface area contributed by atoms with Crippen molar-refractivity contribution in [2.24, 2.45) is 5.92 Å². The van der Waals surface area contributed by atoms with E-state index in [0.717, 1.165) is 63.8 Å². The third-order valence-electron chi connectivity index (χ3n) is 4.73. The molecular weight excluding hydrogens is 252 g/mol. The summed E-state index contributed by atoms with van der Waals surface area (Å²) in [6.45, 7) is 10.4. The Morgan fingerprint density at radius 1 is 1.20 bits per heavy atom. The van der Waals surface area contributed by atoms with E-state index in [-0.39, 0.29) is 0 Å². The lowest BCUT2D eigenvalue weighted by molar-refractivity contribution is 0.0146. The summed E-state index contributed by atoms with van der Waals surface area (Å²) in [6.07, 6.45) is 2.29. The van der Waals surface area contributed by atoms with Crippen LogP contribution >= 0.6 is 0 Å². The molecule has 1 N–H and O–H groups in total. The quantitative estimate of drug-likeness (QED) is 0.920. The van der Waals surface area contributed by atoms with Crippen molar-refractivity contribution in [2.75, 3.05) is 39.4 Å². The van der Waals surface area contributed by atoms with Gasteiger partial charge < -0.3 is 14.5 Å². The van der Waals surface area contributed by atoms with E-state index < -0.39 is 0 Å². The molecule has 1 aromatic heterocycles. The number of hydrogen-bond acceptors (Lipinski definition) is 4. The third kappa shape index (κ3) is 2.92. The van der Waals surface area contributed by atoms with E-state index in [1.54, 1.807) is 0 Å². The molecule has 0 amide bonds. The molecule has 20 heavy (non-hydrogen) atoms. The minimum atomic E-state index is 0.424. The fourth-order valence-corrected chi connectivity index (χ4v) is 3.45. The second kappa shape index (κ2) is 6.29. The Labute approximate surface area is 121 Å². The van der Waals surface area contributed by atoms with Crippen LogP contribution in [0.3, 0.4) is 0 Å². The summed E-state index contributed by atoms with van der Waals surface area (Å²) in [5, 5.41) is 3.44. The standard InChI is InChI=1S/C16H26N2O2/c1-12-11-15(20-13(12)2)16(14-3-9-19-10-4-14)18-7-5-17-6-8-18/h11,14,16-17H,3-10H2,1-2H3/t16-/m1/s1. The summed E-state index contributed by atoms with van der Waals surface area (Å²) in [5.41, 5.74) is 1.27. The van der Waals surface area contributed by atoms with Gasteiger partial charge in [0.15, 0.2) is 0 Å². The summed E-state index contributed by atoms with van der Waals surface area (Å²) in [5.74, 6) is 2.88. The van der Waals surface area contributed by atoms with Crippen molar-refractivity contribution >= 4 is 0 Å². The molecule has 4 heteroatoms. The maximum atomic E-state index is 6.08. The van der Waals surface area contributed by atoms with Gasteiger partial charge in [0.1, 0.15) is 11.5 Å². The molecule has 2 aliphatic rings. The van der Waals surface area contributed by atoms with E-state index in [9.17, 15) is 0 Å². The van der Waals surface area contributed by atoms with Crippen LogP contribution in [0.1, 0.15) is 36.0 Å². The minimum absolute atomic E-state index is 0.424. The van der Waals surface area contributed by atoms with Gasteiger partial charge in [-0.3, -0.25) is 4.90 Å². The SMILES string of the molecule is Cc1cc([C@@H](C2CCOCC2)N2CCNCC2)oc1C. The first-order chi connectivity index (χ1) is 9.75. The first-order valence-corrected chi connectivity index (χ1v) is 7.85. The number of nitrogens with zero attached hydrogens (tertiary/aromatic N) is 1. The molecule has 2 saturated heterocycles. The first-order valence-electron chi connectivity index (χ1n) is 7.85. The molecule has 0 aliphatic carbocycles. The van der Waals surface area contributed by atoms with Crippen molar-refractivity contribution in [2.45, 2.75) is 32.7 Å². The summed E-state index contributed by atoms with van der Waals surface area (Å²) in [4.78, 5) is 2.60. The van der Waals surface area contributed by atoms with Crippen LogP contribution in [0.5, 0.6) is 0 Å². The lowest BCUT2D eigenvalue weighted by Gasteiger charge is -2.39. The highest BCUT2D eigenvalue weighted by molar-refractivity contribution is 5.21. The van der Waals surface area contributed by atoms with E-state index in [1.807, 2.05) is 0 Å². The average Bonchev–Trinajstić information content (AvgIpc) is 2.81. The number of rotatable bonds is 3. The van der Waals surface area contributed by atoms with Crippen molar-refractivity contribution in [3.05, 3.63) is 23.2 Å². The average molecular weight is 278 g/mol. The van der Waals surface area contributed by atoms with Crippen LogP contribution in [0.4, 0.5) is 0 Å². The second-order valence-corrected chi connectivity index (χ2v) is 6.07. The van der Waals surface area contributed by atoms with Crippen molar-refractivity contribution < 1.29 is 9.15 Å². The van der Waals surface area contributed by atoms with Gasteiger partial charge in [0, 0.05) is 39.4 Å². The van der Waals surface area contributed by atoms with Crippen molar-refractivity contribution in [1.29, 1.82) is 0 Å². The zero-order valence-electron chi connectivity index (χ0n) is 12.7. The Balaban J connectivity index is 1.85. The molecule has 1 atom stereocenters. The van der Waals surface area contributed by atoms with Crippen molar-refractivity contribution in [3.8, 4) is 0 Å². The topological polar surface area (TPSA) is 37.6 Å². The zero-order chi connectivity index (χ0) is 13.9. The molecule has 3 rings (SSSR count). The van der Waals surface area contributed by atoms with Crippen LogP contribution in [0.2, 0.25) is 0 Å². The molecule has 0 bridgehead atoms. The Bertz CT molecular complexity index is 394. The number of ether oxygens (including phenoxy) is 1. The third-order valence-corrected chi connectivity index (χ3v) is 4.73. The molecule has 0 unspecified atom stereocenters.